The normalized spacial score (nSPS) is 11.6. The number of nitrogens with one attached hydrogen (secondary N) is 2. The number of nitro groups is 1. The number of carbonyl (C=O) groups excluding carboxylic acids is 1. The number of anilines is 1. The number of quaternary nitrogens is 1. The molecule has 0 aliphatic carbocycles. The number of nitrogens with zero attached hydrogens (tertiary/aromatic N) is 1. The molecule has 1 amide bonds. The zero-order valence-corrected chi connectivity index (χ0v) is 14.7. The van der Waals surface area contributed by atoms with E-state index in [1.807, 2.05) is 25.2 Å². The monoisotopic (exact) mass is 364 g/mol. The first-order valence-corrected chi connectivity index (χ1v) is 7.95. The number of nitro benzene ring substituents is 1. The molecule has 0 bridgehead atoms. The fourth-order valence-corrected chi connectivity index (χ4v) is 2.63. The summed E-state index contributed by atoms with van der Waals surface area (Å²) < 4.78 is 4.97. The standard InChI is InChI=1S/C17H18ClN3O4/c1-20(10-12-4-3-5-13(18)8-12)11-17(22)19-15-7-6-14(25-2)9-16(15)21(23)24/h3-9H,10-11H2,1-2H3,(H,19,22)/p+1. The van der Waals surface area contributed by atoms with Crippen molar-refractivity contribution in [1.82, 2.24) is 0 Å². The number of benzene rings is 2. The third-order valence-electron chi connectivity index (χ3n) is 3.53. The van der Waals surface area contributed by atoms with E-state index in [2.05, 4.69) is 5.32 Å². The van der Waals surface area contributed by atoms with E-state index in [0.29, 0.717) is 17.3 Å². The molecule has 2 aromatic carbocycles. The zero-order chi connectivity index (χ0) is 18.4. The molecule has 132 valence electrons. The van der Waals surface area contributed by atoms with E-state index in [0.717, 1.165) is 10.5 Å². The molecule has 2 N–H and O–H groups in total. The molecule has 25 heavy (non-hydrogen) atoms. The molecule has 0 spiro atoms. The molecule has 1 atom stereocenters. The number of ether oxygens (including phenoxy) is 1. The Morgan fingerprint density at radius 1 is 1.32 bits per heavy atom. The van der Waals surface area contributed by atoms with Crippen LogP contribution in [-0.4, -0.2) is 31.5 Å². The van der Waals surface area contributed by atoms with Crippen LogP contribution < -0.4 is 15.0 Å². The van der Waals surface area contributed by atoms with Crippen LogP contribution in [-0.2, 0) is 11.3 Å². The van der Waals surface area contributed by atoms with Crippen LogP contribution in [0.25, 0.3) is 0 Å². The summed E-state index contributed by atoms with van der Waals surface area (Å²) in [4.78, 5) is 23.7. The molecule has 0 fully saturated rings. The van der Waals surface area contributed by atoms with Crippen LogP contribution in [0.3, 0.4) is 0 Å². The third-order valence-corrected chi connectivity index (χ3v) is 3.77. The molecule has 0 radical (unpaired) electrons. The summed E-state index contributed by atoms with van der Waals surface area (Å²) in [6, 6.07) is 11.7. The fraction of sp³-hybridized carbons (Fsp3) is 0.235. The van der Waals surface area contributed by atoms with Crippen molar-refractivity contribution in [2.24, 2.45) is 0 Å². The first-order valence-electron chi connectivity index (χ1n) is 7.57. The van der Waals surface area contributed by atoms with E-state index >= 15 is 0 Å². The van der Waals surface area contributed by atoms with Crippen LogP contribution in [0.15, 0.2) is 42.5 Å². The summed E-state index contributed by atoms with van der Waals surface area (Å²) in [5, 5.41) is 14.4. The minimum Gasteiger partial charge on any atom is -0.496 e. The van der Waals surface area contributed by atoms with E-state index in [4.69, 9.17) is 16.3 Å². The van der Waals surface area contributed by atoms with Gasteiger partial charge in [-0.1, -0.05) is 23.7 Å². The Balaban J connectivity index is 2.01. The highest BCUT2D eigenvalue weighted by Crippen LogP contribution is 2.28. The molecule has 0 heterocycles. The summed E-state index contributed by atoms with van der Waals surface area (Å²) in [5.41, 5.74) is 0.944. The van der Waals surface area contributed by atoms with Gasteiger partial charge in [0.05, 0.1) is 25.1 Å². The lowest BCUT2D eigenvalue weighted by Crippen LogP contribution is -3.08. The molecular formula is C17H19ClN3O4+. The molecule has 0 aliphatic rings. The molecule has 0 aromatic heterocycles. The van der Waals surface area contributed by atoms with E-state index in [1.54, 1.807) is 12.1 Å². The van der Waals surface area contributed by atoms with Crippen molar-refractivity contribution < 1.29 is 19.4 Å². The maximum Gasteiger partial charge on any atom is 0.296 e. The van der Waals surface area contributed by atoms with Crippen LogP contribution in [0.2, 0.25) is 5.02 Å². The Bertz CT molecular complexity index is 782. The number of likely N-dealkylation sites (N-methyl/N-ethyl adjacent to an activating group) is 1. The van der Waals surface area contributed by atoms with Gasteiger partial charge in [0.2, 0.25) is 0 Å². The SMILES string of the molecule is COc1ccc(NC(=O)C[NH+](C)Cc2cccc(Cl)c2)c([N+](=O)[O-])c1. The second-order valence-corrected chi connectivity index (χ2v) is 6.07. The van der Waals surface area contributed by atoms with Gasteiger partial charge in [0.1, 0.15) is 18.0 Å². The molecule has 7 nitrogen and oxygen atoms in total. The van der Waals surface area contributed by atoms with Gasteiger partial charge in [-0.3, -0.25) is 14.9 Å². The Labute approximate surface area is 150 Å². The van der Waals surface area contributed by atoms with E-state index in [1.165, 1.54) is 19.2 Å². The summed E-state index contributed by atoms with van der Waals surface area (Å²) in [5.74, 6) is 0.0428. The van der Waals surface area contributed by atoms with Gasteiger partial charge in [-0.15, -0.1) is 0 Å². The summed E-state index contributed by atoms with van der Waals surface area (Å²) in [7, 11) is 3.29. The topological polar surface area (TPSA) is 85.9 Å². The maximum absolute atomic E-state index is 12.2. The molecular weight excluding hydrogens is 346 g/mol. The van der Waals surface area contributed by atoms with Crippen molar-refractivity contribution in [2.45, 2.75) is 6.54 Å². The van der Waals surface area contributed by atoms with E-state index in [9.17, 15) is 14.9 Å². The van der Waals surface area contributed by atoms with Crippen LogP contribution >= 0.6 is 11.6 Å². The van der Waals surface area contributed by atoms with Crippen LogP contribution in [0.5, 0.6) is 5.75 Å². The average molecular weight is 365 g/mol. The molecule has 0 aliphatic heterocycles. The largest absolute Gasteiger partial charge is 0.496 e. The quantitative estimate of drug-likeness (QED) is 0.580. The first kappa shape index (κ1) is 18.7. The molecule has 0 saturated carbocycles. The Morgan fingerprint density at radius 3 is 2.72 bits per heavy atom. The zero-order valence-electron chi connectivity index (χ0n) is 13.9. The van der Waals surface area contributed by atoms with Crippen LogP contribution in [0.1, 0.15) is 5.56 Å². The van der Waals surface area contributed by atoms with Gasteiger partial charge in [-0.25, -0.2) is 0 Å². The number of carbonyl (C=O) groups is 1. The number of halogens is 1. The van der Waals surface area contributed by atoms with E-state index < -0.39 is 4.92 Å². The van der Waals surface area contributed by atoms with Crippen molar-refractivity contribution in [2.75, 3.05) is 26.0 Å². The van der Waals surface area contributed by atoms with Crippen molar-refractivity contribution in [3.63, 3.8) is 0 Å². The lowest BCUT2D eigenvalue weighted by Gasteiger charge is -2.14. The fourth-order valence-electron chi connectivity index (χ4n) is 2.42. The number of amides is 1. The lowest BCUT2D eigenvalue weighted by atomic mass is 10.2. The van der Waals surface area contributed by atoms with Gasteiger partial charge in [-0.05, 0) is 24.3 Å². The predicted octanol–water partition coefficient (Wildman–Crippen LogP) is 1.91. The smallest absolute Gasteiger partial charge is 0.296 e. The lowest BCUT2D eigenvalue weighted by molar-refractivity contribution is -0.885. The number of rotatable bonds is 7. The summed E-state index contributed by atoms with van der Waals surface area (Å²) in [6.07, 6.45) is 0. The van der Waals surface area contributed by atoms with Gasteiger partial charge < -0.3 is 15.0 Å². The molecule has 2 rings (SSSR count). The number of methoxy groups -OCH3 is 1. The van der Waals surface area contributed by atoms with E-state index in [-0.39, 0.29) is 23.8 Å². The van der Waals surface area contributed by atoms with Gasteiger partial charge in [-0.2, -0.15) is 0 Å². The molecule has 1 unspecified atom stereocenters. The van der Waals surface area contributed by atoms with Crippen molar-refractivity contribution in [3.05, 3.63) is 63.2 Å². The first-order chi connectivity index (χ1) is 11.9. The number of hydrogen-bond donors (Lipinski definition) is 2. The Morgan fingerprint density at radius 2 is 2.08 bits per heavy atom. The van der Waals surface area contributed by atoms with Gasteiger partial charge >= 0.3 is 0 Å². The summed E-state index contributed by atoms with van der Waals surface area (Å²) in [6.45, 7) is 0.772. The van der Waals surface area contributed by atoms with Crippen LogP contribution in [0.4, 0.5) is 11.4 Å². The van der Waals surface area contributed by atoms with Gasteiger partial charge in [0.15, 0.2) is 6.54 Å². The van der Waals surface area contributed by atoms with Crippen molar-refractivity contribution in [1.29, 1.82) is 0 Å². The van der Waals surface area contributed by atoms with Gasteiger partial charge in [0.25, 0.3) is 11.6 Å². The Hall–Kier alpha value is -2.64. The maximum atomic E-state index is 12.2. The Kier molecular flexibility index (Phi) is 6.32. The van der Waals surface area contributed by atoms with Crippen molar-refractivity contribution >= 4 is 28.9 Å². The average Bonchev–Trinajstić information content (AvgIpc) is 2.54. The highest BCUT2D eigenvalue weighted by atomic mass is 35.5. The highest BCUT2D eigenvalue weighted by molar-refractivity contribution is 6.30. The number of hydrogen-bond acceptors (Lipinski definition) is 4. The predicted molar refractivity (Wildman–Crippen MR) is 95.2 cm³/mol. The third kappa shape index (κ3) is 5.44. The summed E-state index contributed by atoms with van der Waals surface area (Å²) >= 11 is 5.95. The highest BCUT2D eigenvalue weighted by Gasteiger charge is 2.19. The minimum atomic E-state index is -0.555. The minimum absolute atomic E-state index is 0.145. The van der Waals surface area contributed by atoms with Gasteiger partial charge in [0, 0.05) is 10.6 Å². The van der Waals surface area contributed by atoms with Crippen LogP contribution in [0, 0.1) is 10.1 Å². The molecule has 2 aromatic rings. The van der Waals surface area contributed by atoms with Crippen molar-refractivity contribution in [3.8, 4) is 5.75 Å². The second kappa shape index (κ2) is 8.46. The molecule has 0 saturated heterocycles. The second-order valence-electron chi connectivity index (χ2n) is 5.63. The molecule has 8 heteroatoms.